The Morgan fingerprint density at radius 2 is 2.27 bits per heavy atom. The van der Waals surface area contributed by atoms with Crippen LogP contribution < -0.4 is 4.72 Å². The lowest BCUT2D eigenvalue weighted by atomic mass is 10.3. The maximum absolute atomic E-state index is 11.6. The third kappa shape index (κ3) is 4.48. The molecule has 1 atom stereocenters. The van der Waals surface area contributed by atoms with E-state index in [1.165, 1.54) is 6.20 Å². The van der Waals surface area contributed by atoms with E-state index in [0.717, 1.165) is 0 Å². The number of sulfonamides is 1. The Morgan fingerprint density at radius 3 is 2.80 bits per heavy atom. The Labute approximate surface area is 94.7 Å². The van der Waals surface area contributed by atoms with Crippen LogP contribution in [0.2, 0.25) is 0 Å². The molecule has 15 heavy (non-hydrogen) atoms. The first-order valence-electron chi connectivity index (χ1n) is 4.51. The second-order valence-electron chi connectivity index (χ2n) is 3.36. The van der Waals surface area contributed by atoms with Crippen molar-refractivity contribution in [2.75, 3.05) is 16.4 Å². The van der Waals surface area contributed by atoms with Crippen LogP contribution in [0.1, 0.15) is 6.92 Å². The number of aromatic nitrogens is 1. The zero-order chi connectivity index (χ0) is 11.3. The van der Waals surface area contributed by atoms with Crippen LogP contribution >= 0.6 is 11.6 Å². The van der Waals surface area contributed by atoms with Crippen LogP contribution in [0.4, 0.5) is 5.82 Å². The van der Waals surface area contributed by atoms with Gasteiger partial charge < -0.3 is 0 Å². The first kappa shape index (κ1) is 12.3. The number of pyridine rings is 1. The summed E-state index contributed by atoms with van der Waals surface area (Å²) in [5.41, 5.74) is 0. The summed E-state index contributed by atoms with van der Waals surface area (Å²) in [5.74, 6) is 0.586. The van der Waals surface area contributed by atoms with Gasteiger partial charge in [0.15, 0.2) is 0 Å². The number of halogens is 1. The standard InChI is InChI=1S/C9H13ClN2O2S/c1-8(6-10)7-15(13,14)12-9-4-2-3-5-11-9/h2-5,8H,6-7H2,1H3,(H,11,12). The Balaban J connectivity index is 2.65. The fourth-order valence-electron chi connectivity index (χ4n) is 1.04. The Morgan fingerprint density at radius 1 is 1.53 bits per heavy atom. The SMILES string of the molecule is CC(CCl)CS(=O)(=O)Nc1ccccn1. The summed E-state index contributed by atoms with van der Waals surface area (Å²) in [4.78, 5) is 3.87. The predicted molar refractivity (Wildman–Crippen MR) is 61.5 cm³/mol. The molecular weight excluding hydrogens is 236 g/mol. The second kappa shape index (κ2) is 5.32. The van der Waals surface area contributed by atoms with E-state index < -0.39 is 10.0 Å². The smallest absolute Gasteiger partial charge is 0.234 e. The Bertz CT molecular complexity index is 394. The van der Waals surface area contributed by atoms with Gasteiger partial charge in [0.2, 0.25) is 10.0 Å². The van der Waals surface area contributed by atoms with Crippen molar-refractivity contribution in [2.24, 2.45) is 5.92 Å². The van der Waals surface area contributed by atoms with E-state index in [2.05, 4.69) is 9.71 Å². The summed E-state index contributed by atoms with van der Waals surface area (Å²) in [7, 11) is -3.34. The Kier molecular flexibility index (Phi) is 4.35. The lowest BCUT2D eigenvalue weighted by Gasteiger charge is -2.09. The van der Waals surface area contributed by atoms with Crippen LogP contribution in [-0.4, -0.2) is 25.0 Å². The fourth-order valence-corrected chi connectivity index (χ4v) is 2.67. The zero-order valence-electron chi connectivity index (χ0n) is 8.35. The molecule has 0 amide bonds. The molecule has 0 bridgehead atoms. The van der Waals surface area contributed by atoms with Crippen molar-refractivity contribution >= 4 is 27.4 Å². The predicted octanol–water partition coefficient (Wildman–Crippen LogP) is 1.70. The molecule has 6 heteroatoms. The number of hydrogen-bond donors (Lipinski definition) is 1. The van der Waals surface area contributed by atoms with Crippen LogP contribution in [0.3, 0.4) is 0 Å². The maximum atomic E-state index is 11.6. The van der Waals surface area contributed by atoms with Gasteiger partial charge in [0, 0.05) is 12.1 Å². The summed E-state index contributed by atoms with van der Waals surface area (Å²) in [5, 5.41) is 0. The number of alkyl halides is 1. The quantitative estimate of drug-likeness (QED) is 0.807. The van der Waals surface area contributed by atoms with E-state index in [4.69, 9.17) is 11.6 Å². The summed E-state index contributed by atoms with van der Waals surface area (Å²) >= 11 is 5.55. The van der Waals surface area contributed by atoms with E-state index in [-0.39, 0.29) is 11.7 Å². The highest BCUT2D eigenvalue weighted by molar-refractivity contribution is 7.92. The molecule has 0 aromatic carbocycles. The molecule has 0 spiro atoms. The van der Waals surface area contributed by atoms with Gasteiger partial charge in [0.05, 0.1) is 5.75 Å². The molecule has 1 N–H and O–H groups in total. The van der Waals surface area contributed by atoms with E-state index in [1.807, 2.05) is 0 Å². The zero-order valence-corrected chi connectivity index (χ0v) is 9.92. The van der Waals surface area contributed by atoms with E-state index in [9.17, 15) is 8.42 Å². The average molecular weight is 249 g/mol. The molecule has 0 aliphatic rings. The molecule has 1 aromatic heterocycles. The number of nitrogens with zero attached hydrogens (tertiary/aromatic N) is 1. The monoisotopic (exact) mass is 248 g/mol. The molecule has 1 heterocycles. The molecule has 0 aliphatic heterocycles. The highest BCUT2D eigenvalue weighted by Gasteiger charge is 2.15. The van der Waals surface area contributed by atoms with Gasteiger partial charge in [-0.1, -0.05) is 13.0 Å². The minimum atomic E-state index is -3.34. The van der Waals surface area contributed by atoms with E-state index in [1.54, 1.807) is 25.1 Å². The molecule has 1 aromatic rings. The van der Waals surface area contributed by atoms with Crippen LogP contribution in [-0.2, 0) is 10.0 Å². The molecule has 1 unspecified atom stereocenters. The molecule has 0 saturated carbocycles. The van der Waals surface area contributed by atoms with Crippen LogP contribution in [0, 0.1) is 5.92 Å². The van der Waals surface area contributed by atoms with Gasteiger partial charge in [0.25, 0.3) is 0 Å². The number of hydrogen-bond acceptors (Lipinski definition) is 3. The van der Waals surface area contributed by atoms with Crippen molar-refractivity contribution in [1.29, 1.82) is 0 Å². The van der Waals surface area contributed by atoms with Crippen molar-refractivity contribution < 1.29 is 8.42 Å². The summed E-state index contributed by atoms with van der Waals surface area (Å²) < 4.78 is 25.5. The highest BCUT2D eigenvalue weighted by atomic mass is 35.5. The van der Waals surface area contributed by atoms with Gasteiger partial charge in [-0.3, -0.25) is 4.72 Å². The number of nitrogens with one attached hydrogen (secondary N) is 1. The molecule has 0 saturated heterocycles. The molecule has 1 rings (SSSR count). The minimum Gasteiger partial charge on any atom is -0.267 e. The van der Waals surface area contributed by atoms with Crippen LogP contribution in [0.5, 0.6) is 0 Å². The number of anilines is 1. The van der Waals surface area contributed by atoms with Crippen molar-refractivity contribution in [2.45, 2.75) is 6.92 Å². The van der Waals surface area contributed by atoms with E-state index >= 15 is 0 Å². The molecule has 84 valence electrons. The third-order valence-corrected chi connectivity index (χ3v) is 3.75. The van der Waals surface area contributed by atoms with Crippen molar-refractivity contribution in [3.05, 3.63) is 24.4 Å². The summed E-state index contributed by atoms with van der Waals surface area (Å²) in [6.45, 7) is 1.78. The highest BCUT2D eigenvalue weighted by Crippen LogP contribution is 2.08. The van der Waals surface area contributed by atoms with Gasteiger partial charge >= 0.3 is 0 Å². The molecule has 4 nitrogen and oxygen atoms in total. The van der Waals surface area contributed by atoms with Gasteiger partial charge in [-0.2, -0.15) is 0 Å². The molecule has 0 radical (unpaired) electrons. The fraction of sp³-hybridized carbons (Fsp3) is 0.444. The normalized spacial score (nSPS) is 13.5. The van der Waals surface area contributed by atoms with E-state index in [0.29, 0.717) is 11.7 Å². The van der Waals surface area contributed by atoms with Crippen molar-refractivity contribution in [3.8, 4) is 0 Å². The van der Waals surface area contributed by atoms with Gasteiger partial charge in [0.1, 0.15) is 5.82 Å². The number of rotatable bonds is 5. The third-order valence-electron chi connectivity index (χ3n) is 1.69. The largest absolute Gasteiger partial charge is 0.267 e. The first-order valence-corrected chi connectivity index (χ1v) is 6.69. The van der Waals surface area contributed by atoms with Crippen LogP contribution in [0.25, 0.3) is 0 Å². The van der Waals surface area contributed by atoms with Gasteiger partial charge in [-0.25, -0.2) is 13.4 Å². The lowest BCUT2D eigenvalue weighted by Crippen LogP contribution is -2.22. The minimum absolute atomic E-state index is 0.00702. The Hall–Kier alpha value is -0.810. The van der Waals surface area contributed by atoms with Gasteiger partial charge in [-0.15, -0.1) is 11.6 Å². The summed E-state index contributed by atoms with van der Waals surface area (Å²) in [6, 6.07) is 5.04. The topological polar surface area (TPSA) is 59.1 Å². The molecular formula is C9H13ClN2O2S. The molecule has 0 fully saturated rings. The summed E-state index contributed by atoms with van der Waals surface area (Å²) in [6.07, 6.45) is 1.53. The van der Waals surface area contributed by atoms with Crippen molar-refractivity contribution in [3.63, 3.8) is 0 Å². The first-order chi connectivity index (χ1) is 7.03. The van der Waals surface area contributed by atoms with Gasteiger partial charge in [-0.05, 0) is 18.1 Å². The molecule has 0 aliphatic carbocycles. The maximum Gasteiger partial charge on any atom is 0.234 e. The average Bonchev–Trinajstić information content (AvgIpc) is 2.17. The van der Waals surface area contributed by atoms with Crippen molar-refractivity contribution in [1.82, 2.24) is 4.98 Å². The van der Waals surface area contributed by atoms with Crippen LogP contribution in [0.15, 0.2) is 24.4 Å². The second-order valence-corrected chi connectivity index (χ2v) is 5.43. The lowest BCUT2D eigenvalue weighted by molar-refractivity contribution is 0.588.